The fourth-order valence-electron chi connectivity index (χ4n) is 5.05. The lowest BCUT2D eigenvalue weighted by atomic mass is 9.80. The van der Waals surface area contributed by atoms with Gasteiger partial charge >= 0.3 is 0 Å². The third kappa shape index (κ3) is 3.57. The lowest BCUT2D eigenvalue weighted by Crippen LogP contribution is -2.53. The van der Waals surface area contributed by atoms with Gasteiger partial charge in [0, 0.05) is 37.7 Å². The summed E-state index contributed by atoms with van der Waals surface area (Å²) in [7, 11) is 0. The SMILES string of the molecule is CCc1ccc(C(=O)N2CCC3(CCC(C(=O)N4CCCC4)O3)C(C)C2)cc1. The minimum absolute atomic E-state index is 0.104. The Bertz CT molecular complexity index is 726. The van der Waals surface area contributed by atoms with Crippen molar-refractivity contribution in [2.45, 2.75) is 64.1 Å². The molecular weight excluding hydrogens is 352 g/mol. The number of likely N-dealkylation sites (tertiary alicyclic amines) is 2. The Hall–Kier alpha value is -1.88. The molecule has 3 unspecified atom stereocenters. The number of amides is 2. The summed E-state index contributed by atoms with van der Waals surface area (Å²) in [5, 5.41) is 0. The lowest BCUT2D eigenvalue weighted by Gasteiger charge is -2.44. The summed E-state index contributed by atoms with van der Waals surface area (Å²) in [5.41, 5.74) is 1.76. The first-order valence-electron chi connectivity index (χ1n) is 10.9. The molecule has 5 heteroatoms. The van der Waals surface area contributed by atoms with E-state index in [9.17, 15) is 9.59 Å². The second-order valence-corrected chi connectivity index (χ2v) is 8.70. The van der Waals surface area contributed by atoms with Gasteiger partial charge in [-0.05, 0) is 56.2 Å². The highest BCUT2D eigenvalue weighted by Gasteiger charge is 2.50. The predicted octanol–water partition coefficient (Wildman–Crippen LogP) is 3.27. The van der Waals surface area contributed by atoms with Crippen molar-refractivity contribution in [3.63, 3.8) is 0 Å². The van der Waals surface area contributed by atoms with Gasteiger partial charge in [-0.25, -0.2) is 0 Å². The number of hydrogen-bond donors (Lipinski definition) is 0. The molecule has 4 rings (SSSR count). The molecule has 3 atom stereocenters. The third-order valence-electron chi connectivity index (χ3n) is 6.99. The van der Waals surface area contributed by atoms with Crippen LogP contribution >= 0.6 is 0 Å². The number of ether oxygens (including phenoxy) is 1. The highest BCUT2D eigenvalue weighted by molar-refractivity contribution is 5.94. The molecule has 3 saturated heterocycles. The first-order valence-corrected chi connectivity index (χ1v) is 10.9. The number of rotatable bonds is 3. The van der Waals surface area contributed by atoms with Crippen LogP contribution in [-0.4, -0.2) is 59.5 Å². The zero-order chi connectivity index (χ0) is 19.7. The van der Waals surface area contributed by atoms with Gasteiger partial charge in [0.1, 0.15) is 6.10 Å². The van der Waals surface area contributed by atoms with Crippen LogP contribution in [-0.2, 0) is 16.0 Å². The molecule has 5 nitrogen and oxygen atoms in total. The van der Waals surface area contributed by atoms with Crippen molar-refractivity contribution in [3.8, 4) is 0 Å². The van der Waals surface area contributed by atoms with Gasteiger partial charge in [-0.2, -0.15) is 0 Å². The van der Waals surface area contributed by atoms with E-state index in [-0.39, 0.29) is 29.4 Å². The van der Waals surface area contributed by atoms with Gasteiger partial charge in [0.05, 0.1) is 5.60 Å². The molecule has 0 radical (unpaired) electrons. The number of aryl methyl sites for hydroxylation is 1. The van der Waals surface area contributed by atoms with Crippen molar-refractivity contribution in [1.82, 2.24) is 9.80 Å². The van der Waals surface area contributed by atoms with Gasteiger partial charge in [0.25, 0.3) is 11.8 Å². The van der Waals surface area contributed by atoms with Crippen molar-refractivity contribution in [3.05, 3.63) is 35.4 Å². The van der Waals surface area contributed by atoms with Crippen molar-refractivity contribution in [2.75, 3.05) is 26.2 Å². The number of carbonyl (C=O) groups excluding carboxylic acids is 2. The molecule has 3 aliphatic heterocycles. The Balaban J connectivity index is 1.38. The van der Waals surface area contributed by atoms with E-state index in [0.717, 1.165) is 57.2 Å². The highest BCUT2D eigenvalue weighted by atomic mass is 16.5. The first-order chi connectivity index (χ1) is 13.5. The van der Waals surface area contributed by atoms with Gasteiger partial charge in [0.2, 0.25) is 0 Å². The molecule has 0 aliphatic carbocycles. The lowest BCUT2D eigenvalue weighted by molar-refractivity contribution is -0.154. The zero-order valence-corrected chi connectivity index (χ0v) is 17.2. The van der Waals surface area contributed by atoms with E-state index in [2.05, 4.69) is 13.8 Å². The van der Waals surface area contributed by atoms with Crippen LogP contribution in [0.2, 0.25) is 0 Å². The zero-order valence-electron chi connectivity index (χ0n) is 17.2. The molecule has 28 heavy (non-hydrogen) atoms. The van der Waals surface area contributed by atoms with E-state index in [1.54, 1.807) is 0 Å². The molecule has 152 valence electrons. The predicted molar refractivity (Wildman–Crippen MR) is 108 cm³/mol. The molecule has 0 bridgehead atoms. The quantitative estimate of drug-likeness (QED) is 0.804. The Morgan fingerprint density at radius 3 is 2.43 bits per heavy atom. The van der Waals surface area contributed by atoms with Crippen molar-refractivity contribution in [2.24, 2.45) is 5.92 Å². The Morgan fingerprint density at radius 1 is 1.07 bits per heavy atom. The number of carbonyl (C=O) groups is 2. The van der Waals surface area contributed by atoms with Gasteiger partial charge < -0.3 is 14.5 Å². The maximum atomic E-state index is 12.9. The fourth-order valence-corrected chi connectivity index (χ4v) is 5.05. The summed E-state index contributed by atoms with van der Waals surface area (Å²) in [6.07, 6.45) is 5.46. The van der Waals surface area contributed by atoms with Crippen LogP contribution in [0.3, 0.4) is 0 Å². The number of piperidine rings is 1. The molecule has 0 N–H and O–H groups in total. The molecule has 1 aromatic carbocycles. The Kier molecular flexibility index (Phi) is 5.46. The van der Waals surface area contributed by atoms with Gasteiger partial charge in [0.15, 0.2) is 0 Å². The fraction of sp³-hybridized carbons (Fsp3) is 0.652. The number of benzene rings is 1. The van der Waals surface area contributed by atoms with Crippen molar-refractivity contribution < 1.29 is 14.3 Å². The normalized spacial score (nSPS) is 30.2. The average molecular weight is 385 g/mol. The maximum Gasteiger partial charge on any atom is 0.253 e. The second kappa shape index (κ2) is 7.86. The number of nitrogens with zero attached hydrogens (tertiary/aromatic N) is 2. The second-order valence-electron chi connectivity index (χ2n) is 8.70. The van der Waals surface area contributed by atoms with E-state index in [0.29, 0.717) is 13.1 Å². The average Bonchev–Trinajstić information content (AvgIpc) is 3.40. The van der Waals surface area contributed by atoms with Crippen LogP contribution in [0, 0.1) is 5.92 Å². The minimum atomic E-state index is -0.288. The van der Waals surface area contributed by atoms with Crippen molar-refractivity contribution >= 4 is 11.8 Å². The smallest absolute Gasteiger partial charge is 0.253 e. The molecule has 3 heterocycles. The van der Waals surface area contributed by atoms with Gasteiger partial charge in [-0.1, -0.05) is 26.0 Å². The molecule has 1 aromatic rings. The van der Waals surface area contributed by atoms with E-state index < -0.39 is 0 Å². The standard InChI is InChI=1S/C23H32N2O3/c1-3-18-6-8-19(9-7-18)21(26)25-15-12-23(17(2)16-25)11-10-20(28-23)22(27)24-13-4-5-14-24/h6-9,17,20H,3-5,10-16H2,1-2H3. The maximum absolute atomic E-state index is 12.9. The first kappa shape index (κ1) is 19.4. The summed E-state index contributed by atoms with van der Waals surface area (Å²) in [4.78, 5) is 29.6. The van der Waals surface area contributed by atoms with E-state index in [4.69, 9.17) is 4.74 Å². The molecule has 0 saturated carbocycles. The van der Waals surface area contributed by atoms with Crippen molar-refractivity contribution in [1.29, 1.82) is 0 Å². The van der Waals surface area contributed by atoms with Crippen LogP contribution in [0.15, 0.2) is 24.3 Å². The summed E-state index contributed by atoms with van der Waals surface area (Å²) in [6, 6.07) is 7.95. The molecule has 1 spiro atoms. The van der Waals surface area contributed by atoms with Gasteiger partial charge in [-0.3, -0.25) is 9.59 Å². The summed E-state index contributed by atoms with van der Waals surface area (Å²) >= 11 is 0. The molecule has 3 aliphatic rings. The van der Waals surface area contributed by atoms with Crippen LogP contribution in [0.4, 0.5) is 0 Å². The monoisotopic (exact) mass is 384 g/mol. The summed E-state index contributed by atoms with van der Waals surface area (Å²) < 4.78 is 6.41. The summed E-state index contributed by atoms with van der Waals surface area (Å²) in [5.74, 6) is 0.514. The molecule has 2 amide bonds. The van der Waals surface area contributed by atoms with Crippen LogP contribution in [0.25, 0.3) is 0 Å². The van der Waals surface area contributed by atoms with E-state index >= 15 is 0 Å². The molecule has 0 aromatic heterocycles. The summed E-state index contributed by atoms with van der Waals surface area (Å²) in [6.45, 7) is 7.43. The highest BCUT2D eigenvalue weighted by Crippen LogP contribution is 2.43. The number of hydrogen-bond acceptors (Lipinski definition) is 3. The Labute approximate surface area is 168 Å². The molecular formula is C23H32N2O3. The largest absolute Gasteiger partial charge is 0.362 e. The van der Waals surface area contributed by atoms with Gasteiger partial charge in [-0.15, -0.1) is 0 Å². The topological polar surface area (TPSA) is 49.9 Å². The molecule has 3 fully saturated rings. The van der Waals surface area contributed by atoms with E-state index in [1.165, 1.54) is 5.56 Å². The van der Waals surface area contributed by atoms with Crippen LogP contribution in [0.1, 0.15) is 61.9 Å². The minimum Gasteiger partial charge on any atom is -0.362 e. The third-order valence-corrected chi connectivity index (χ3v) is 6.99. The van der Waals surface area contributed by atoms with Crippen LogP contribution < -0.4 is 0 Å². The van der Waals surface area contributed by atoms with Crippen LogP contribution in [0.5, 0.6) is 0 Å². The van der Waals surface area contributed by atoms with E-state index in [1.807, 2.05) is 34.1 Å². The Morgan fingerprint density at radius 2 is 1.79 bits per heavy atom.